The predicted molar refractivity (Wildman–Crippen MR) is 47.1 cm³/mol. The second kappa shape index (κ2) is 2.88. The largest absolute Gasteiger partial charge is 0.505 e. The van der Waals surface area contributed by atoms with Crippen LogP contribution in [0.15, 0.2) is 0 Å². The molecular formula is C2H6Cl2O4S2Si. The maximum atomic E-state index is 10.7. The third-order valence-corrected chi connectivity index (χ3v) is 23.3. The molecule has 9 heteroatoms. The van der Waals surface area contributed by atoms with E-state index in [4.69, 9.17) is 22.2 Å². The molecule has 0 aliphatic carbocycles. The maximum absolute atomic E-state index is 10.7. The average Bonchev–Trinajstić information content (AvgIpc) is 1.58. The zero-order valence-electron chi connectivity index (χ0n) is 5.71. The van der Waals surface area contributed by atoms with Crippen LogP contribution in [0.1, 0.15) is 0 Å². The van der Waals surface area contributed by atoms with Crippen LogP contribution in [0.3, 0.4) is 0 Å². The molecule has 0 N–H and O–H groups in total. The number of hydrogen-bond acceptors (Lipinski definition) is 4. The molecule has 0 aromatic rings. The molecule has 0 aliphatic heterocycles. The first-order valence-electron chi connectivity index (χ1n) is 2.27. The minimum atomic E-state index is -4.22. The summed E-state index contributed by atoms with van der Waals surface area (Å²) < 4.78 is 42.9. The Morgan fingerprint density at radius 2 is 1.09 bits per heavy atom. The zero-order valence-corrected chi connectivity index (χ0v) is 9.85. The lowest BCUT2D eigenvalue weighted by Crippen LogP contribution is -2.40. The summed E-state index contributed by atoms with van der Waals surface area (Å²) in [6.45, 7) is 0. The first kappa shape index (κ1) is 11.7. The van der Waals surface area contributed by atoms with Crippen LogP contribution in [-0.4, -0.2) is 34.3 Å². The van der Waals surface area contributed by atoms with Crippen LogP contribution in [-0.2, 0) is 18.6 Å². The van der Waals surface area contributed by atoms with Gasteiger partial charge in [-0.3, -0.25) is 0 Å². The molecule has 0 rings (SSSR count). The highest BCUT2D eigenvalue weighted by Crippen LogP contribution is 2.26. The summed E-state index contributed by atoms with van der Waals surface area (Å²) in [5.41, 5.74) is 0. The highest BCUT2D eigenvalue weighted by molar-refractivity contribution is 8.61. The first-order valence-corrected chi connectivity index (χ1v) is 11.5. The second-order valence-electron chi connectivity index (χ2n) is 2.01. The van der Waals surface area contributed by atoms with Gasteiger partial charge in [-0.05, 0) is 0 Å². The SMILES string of the molecule is CS(=O)(=O)[Si](Cl)(Cl)S(C)(=O)=O. The van der Waals surface area contributed by atoms with E-state index < -0.39 is 23.6 Å². The Morgan fingerprint density at radius 3 is 1.09 bits per heavy atom. The highest BCUT2D eigenvalue weighted by Gasteiger charge is 2.53. The first-order chi connectivity index (χ1) is 4.50. The smallest absolute Gasteiger partial charge is 0.232 e. The third kappa shape index (κ3) is 2.31. The normalized spacial score (nSPS) is 14.9. The fourth-order valence-corrected chi connectivity index (χ4v) is 7.42. The van der Waals surface area contributed by atoms with Crippen molar-refractivity contribution in [3.63, 3.8) is 0 Å². The van der Waals surface area contributed by atoms with Gasteiger partial charge in [0.1, 0.15) is 0 Å². The quantitative estimate of drug-likeness (QED) is 0.515. The minimum absolute atomic E-state index is 0.709. The van der Waals surface area contributed by atoms with Crippen molar-refractivity contribution in [2.75, 3.05) is 12.5 Å². The monoisotopic (exact) mass is 256 g/mol. The zero-order chi connectivity index (χ0) is 9.50. The fraction of sp³-hybridized carbons (Fsp3) is 1.00. The van der Waals surface area contributed by atoms with E-state index in [1.54, 1.807) is 0 Å². The lowest BCUT2D eigenvalue weighted by molar-refractivity contribution is 0.610. The molecule has 0 aliphatic rings. The van der Waals surface area contributed by atoms with Gasteiger partial charge in [0, 0.05) is 12.5 Å². The van der Waals surface area contributed by atoms with Gasteiger partial charge in [0.2, 0.25) is 0 Å². The van der Waals surface area contributed by atoms with E-state index in [0.717, 1.165) is 0 Å². The van der Waals surface area contributed by atoms with E-state index in [2.05, 4.69) is 0 Å². The van der Waals surface area contributed by atoms with Crippen molar-refractivity contribution < 1.29 is 16.8 Å². The molecule has 0 aromatic carbocycles. The average molecular weight is 257 g/mol. The molecular weight excluding hydrogens is 251 g/mol. The Hall–Kier alpha value is 0.697. The van der Waals surface area contributed by atoms with E-state index >= 15 is 0 Å². The molecule has 0 saturated heterocycles. The van der Waals surface area contributed by atoms with Crippen LogP contribution in [0, 0.1) is 0 Å². The Bertz CT molecular complexity index is 306. The number of halogens is 2. The van der Waals surface area contributed by atoms with Crippen LogP contribution >= 0.6 is 22.2 Å². The summed E-state index contributed by atoms with van der Waals surface area (Å²) in [7, 11) is -7.76. The molecule has 0 atom stereocenters. The Morgan fingerprint density at radius 1 is 0.909 bits per heavy atom. The van der Waals surface area contributed by atoms with Crippen molar-refractivity contribution >= 4 is 45.7 Å². The van der Waals surface area contributed by atoms with Gasteiger partial charge in [-0.25, -0.2) is 16.8 Å². The summed E-state index contributed by atoms with van der Waals surface area (Å²) in [6, 6.07) is 0. The molecule has 4 nitrogen and oxygen atoms in total. The van der Waals surface area contributed by atoms with E-state index in [1.165, 1.54) is 0 Å². The standard InChI is InChI=1S/C2H6Cl2O4S2Si/c1-9(5,6)11(3,4)10(2,7)8/h1-2H3. The Labute approximate surface area is 75.0 Å². The maximum Gasteiger partial charge on any atom is 0.505 e. The molecule has 11 heavy (non-hydrogen) atoms. The lowest BCUT2D eigenvalue weighted by atomic mass is 12.0. The number of hydrogen-bond donors (Lipinski definition) is 0. The van der Waals surface area contributed by atoms with Crippen molar-refractivity contribution in [3.05, 3.63) is 0 Å². The third-order valence-electron chi connectivity index (χ3n) is 0.863. The van der Waals surface area contributed by atoms with Gasteiger partial charge in [-0.15, -0.1) is 22.2 Å². The molecule has 0 radical (unpaired) electrons. The molecule has 0 heterocycles. The van der Waals surface area contributed by atoms with E-state index in [9.17, 15) is 16.8 Å². The van der Waals surface area contributed by atoms with Crippen LogP contribution in [0.2, 0.25) is 0 Å². The van der Waals surface area contributed by atoms with Crippen molar-refractivity contribution in [3.8, 4) is 0 Å². The molecule has 68 valence electrons. The summed E-state index contributed by atoms with van der Waals surface area (Å²) in [4.78, 5) is -4.22. The summed E-state index contributed by atoms with van der Waals surface area (Å²) in [5.74, 6) is 0. The van der Waals surface area contributed by atoms with Crippen molar-refractivity contribution in [2.45, 2.75) is 0 Å². The van der Waals surface area contributed by atoms with E-state index in [0.29, 0.717) is 12.5 Å². The topological polar surface area (TPSA) is 68.3 Å². The molecule has 0 spiro atoms. The second-order valence-corrected chi connectivity index (χ2v) is 21.6. The summed E-state index contributed by atoms with van der Waals surface area (Å²) in [5, 5.41) is 0. The van der Waals surface area contributed by atoms with Gasteiger partial charge in [-0.2, -0.15) is 0 Å². The van der Waals surface area contributed by atoms with Gasteiger partial charge in [0.15, 0.2) is 18.6 Å². The summed E-state index contributed by atoms with van der Waals surface area (Å²) >= 11 is 10.4. The van der Waals surface area contributed by atoms with Crippen molar-refractivity contribution in [1.82, 2.24) is 0 Å². The lowest BCUT2D eigenvalue weighted by Gasteiger charge is -2.09. The van der Waals surface area contributed by atoms with Crippen LogP contribution in [0.25, 0.3) is 0 Å². The van der Waals surface area contributed by atoms with E-state index in [-0.39, 0.29) is 0 Å². The molecule has 0 fully saturated rings. The highest BCUT2D eigenvalue weighted by atomic mass is 35.7. The van der Waals surface area contributed by atoms with Crippen molar-refractivity contribution in [1.29, 1.82) is 0 Å². The van der Waals surface area contributed by atoms with Gasteiger partial charge in [0.25, 0.3) is 0 Å². The van der Waals surface area contributed by atoms with Crippen LogP contribution in [0.5, 0.6) is 0 Å². The molecule has 0 aromatic heterocycles. The van der Waals surface area contributed by atoms with Gasteiger partial charge < -0.3 is 0 Å². The Kier molecular flexibility index (Phi) is 3.06. The van der Waals surface area contributed by atoms with Gasteiger partial charge in [-0.1, -0.05) is 0 Å². The minimum Gasteiger partial charge on any atom is -0.232 e. The van der Waals surface area contributed by atoms with Gasteiger partial charge in [0.05, 0.1) is 0 Å². The van der Waals surface area contributed by atoms with Crippen LogP contribution < -0.4 is 0 Å². The predicted octanol–water partition coefficient (Wildman–Crippen LogP) is -0.0112. The fourth-order valence-electron chi connectivity index (χ4n) is 0.275. The molecule has 0 saturated carbocycles. The molecule has 0 amide bonds. The van der Waals surface area contributed by atoms with Crippen LogP contribution in [0.4, 0.5) is 0 Å². The van der Waals surface area contributed by atoms with E-state index in [1.807, 2.05) is 0 Å². The molecule has 0 bridgehead atoms. The Balaban J connectivity index is 5.45. The number of rotatable bonds is 2. The summed E-state index contributed by atoms with van der Waals surface area (Å²) in [6.07, 6.45) is 1.42. The van der Waals surface area contributed by atoms with Crippen molar-refractivity contribution in [2.24, 2.45) is 0 Å². The van der Waals surface area contributed by atoms with Gasteiger partial charge >= 0.3 is 4.99 Å². The molecule has 0 unspecified atom stereocenters.